The number of hydrogen-bond acceptors (Lipinski definition) is 9. The zero-order valence-electron chi connectivity index (χ0n) is 36.9. The van der Waals surface area contributed by atoms with Crippen LogP contribution < -0.4 is 11.1 Å². The molecular formula is C46H87N3O9. The van der Waals surface area contributed by atoms with E-state index in [-0.39, 0.29) is 37.6 Å². The van der Waals surface area contributed by atoms with Crippen LogP contribution in [0, 0.1) is 5.92 Å². The lowest BCUT2D eigenvalue weighted by Crippen LogP contribution is -2.75. The van der Waals surface area contributed by atoms with Gasteiger partial charge < -0.3 is 35.4 Å². The number of amides is 2. The Kier molecular flexibility index (Phi) is 32.1. The maximum Gasteiger partial charge on any atom is 0.303 e. The number of aliphatic hydroxyl groups excluding tert-OH is 3. The Hall–Kier alpha value is -2.12. The third kappa shape index (κ3) is 23.6. The number of rotatable bonds is 39. The molecule has 0 aliphatic carbocycles. The molecule has 340 valence electrons. The first kappa shape index (κ1) is 53.9. The van der Waals surface area contributed by atoms with Gasteiger partial charge in [0.15, 0.2) is 5.78 Å². The molecule has 0 spiro atoms. The van der Waals surface area contributed by atoms with Gasteiger partial charge in [-0.25, -0.2) is 0 Å². The van der Waals surface area contributed by atoms with Crippen molar-refractivity contribution in [1.29, 1.82) is 0 Å². The summed E-state index contributed by atoms with van der Waals surface area (Å²) in [5, 5.41) is 43.7. The van der Waals surface area contributed by atoms with Crippen molar-refractivity contribution >= 4 is 23.6 Å². The number of ether oxygens (including phenoxy) is 1. The standard InChI is InChI=1S/C46H87N3O9/c1-3-5-7-9-11-13-15-16-17-18-19-20-22-24-29-33-41(53)49(35-31-27-23-21-14-12-10-8-6-4-2)46(47)43(45(57)44(56)39(37-50)58-46)38(51)36-48-40(52)32-28-25-26-30-34-42(54)55/h39,43-45,50,56-57H,3-37,47H2,1-2H3,(H,48,52)(H,54,55)/t39-,43-,44-,45-,46+/m1/s1. The molecule has 1 saturated heterocycles. The summed E-state index contributed by atoms with van der Waals surface area (Å²) in [6.07, 6.45) is 27.0. The maximum absolute atomic E-state index is 14.1. The summed E-state index contributed by atoms with van der Waals surface area (Å²) in [6, 6.07) is 0. The number of ketones is 1. The molecule has 0 aromatic rings. The second-order valence-electron chi connectivity index (χ2n) is 17.0. The number of aliphatic hydroxyl groups is 3. The third-order valence-electron chi connectivity index (χ3n) is 11.8. The van der Waals surface area contributed by atoms with Gasteiger partial charge in [-0.2, -0.15) is 0 Å². The highest BCUT2D eigenvalue weighted by Crippen LogP contribution is 2.36. The number of carboxylic acid groups (broad SMARTS) is 1. The molecule has 58 heavy (non-hydrogen) atoms. The van der Waals surface area contributed by atoms with Crippen molar-refractivity contribution in [1.82, 2.24) is 10.2 Å². The van der Waals surface area contributed by atoms with Crippen molar-refractivity contribution in [3.8, 4) is 0 Å². The largest absolute Gasteiger partial charge is 0.481 e. The van der Waals surface area contributed by atoms with Crippen LogP contribution in [0.3, 0.4) is 0 Å². The fourth-order valence-electron chi connectivity index (χ4n) is 8.18. The van der Waals surface area contributed by atoms with E-state index >= 15 is 0 Å². The van der Waals surface area contributed by atoms with E-state index in [0.29, 0.717) is 38.5 Å². The molecule has 0 saturated carbocycles. The molecule has 1 fully saturated rings. The lowest BCUT2D eigenvalue weighted by Gasteiger charge is -2.52. The van der Waals surface area contributed by atoms with E-state index in [9.17, 15) is 34.5 Å². The number of aliphatic carboxylic acids is 1. The van der Waals surface area contributed by atoms with E-state index in [2.05, 4.69) is 19.2 Å². The highest BCUT2D eigenvalue weighted by Gasteiger charge is 2.58. The van der Waals surface area contributed by atoms with Crippen LogP contribution in [0.25, 0.3) is 0 Å². The zero-order valence-corrected chi connectivity index (χ0v) is 36.9. The number of Topliss-reactive ketones (excluding diaryl/α,β-unsaturated/α-hetero) is 1. The monoisotopic (exact) mass is 826 g/mol. The number of hydrogen-bond donors (Lipinski definition) is 6. The van der Waals surface area contributed by atoms with Crippen molar-refractivity contribution in [3.63, 3.8) is 0 Å². The summed E-state index contributed by atoms with van der Waals surface area (Å²) < 4.78 is 6.07. The molecule has 1 aliphatic heterocycles. The smallest absolute Gasteiger partial charge is 0.303 e. The quantitative estimate of drug-likeness (QED) is 0.0258. The fourth-order valence-corrected chi connectivity index (χ4v) is 8.18. The average Bonchev–Trinajstić information content (AvgIpc) is 3.20. The van der Waals surface area contributed by atoms with Crippen molar-refractivity contribution in [2.24, 2.45) is 11.7 Å². The van der Waals surface area contributed by atoms with E-state index in [1.807, 2.05) is 0 Å². The molecule has 0 bridgehead atoms. The van der Waals surface area contributed by atoms with Gasteiger partial charge in [-0.05, 0) is 25.7 Å². The predicted octanol–water partition coefficient (Wildman–Crippen LogP) is 8.45. The number of nitrogens with zero attached hydrogens (tertiary/aromatic N) is 1. The van der Waals surface area contributed by atoms with E-state index in [1.165, 1.54) is 108 Å². The van der Waals surface area contributed by atoms with Crippen molar-refractivity contribution in [2.45, 2.75) is 243 Å². The molecule has 5 atom stereocenters. The van der Waals surface area contributed by atoms with Gasteiger partial charge in [0.2, 0.25) is 17.7 Å². The Labute approximate surface area is 352 Å². The SMILES string of the molecule is CCCCCCCCCCCCCCCCCC(=O)N(CCCCCCCCCCCC)[C@]1(N)O[C@H](CO)[C@@H](O)[C@H](O)[C@H]1C(=O)CNC(=O)CCCCCCC(=O)O. The summed E-state index contributed by atoms with van der Waals surface area (Å²) in [5.74, 6) is -5.96. The lowest BCUT2D eigenvalue weighted by atomic mass is 9.82. The fraction of sp³-hybridized carbons (Fsp3) is 0.913. The van der Waals surface area contributed by atoms with Crippen LogP contribution in [0.4, 0.5) is 0 Å². The molecule has 1 heterocycles. The van der Waals surface area contributed by atoms with Gasteiger partial charge in [0.05, 0.1) is 19.3 Å². The second kappa shape index (κ2) is 34.6. The molecule has 7 N–H and O–H groups in total. The molecule has 12 heteroatoms. The number of carbonyl (C=O) groups excluding carboxylic acids is 3. The topological polar surface area (TPSA) is 200 Å². The van der Waals surface area contributed by atoms with Crippen molar-refractivity contribution in [2.75, 3.05) is 19.7 Å². The Morgan fingerprint density at radius 3 is 1.41 bits per heavy atom. The normalized spacial score (nSPS) is 20.6. The molecule has 0 aromatic carbocycles. The lowest BCUT2D eigenvalue weighted by molar-refractivity contribution is -0.291. The Morgan fingerprint density at radius 1 is 0.586 bits per heavy atom. The average molecular weight is 826 g/mol. The number of nitrogens with one attached hydrogen (secondary N) is 1. The number of carboxylic acids is 1. The minimum atomic E-state index is -2.15. The summed E-state index contributed by atoms with van der Waals surface area (Å²) in [5.41, 5.74) is 6.92. The van der Waals surface area contributed by atoms with Crippen molar-refractivity contribution in [3.05, 3.63) is 0 Å². The van der Waals surface area contributed by atoms with Crippen LogP contribution in [0.5, 0.6) is 0 Å². The number of carbonyl (C=O) groups is 4. The number of nitrogens with two attached hydrogens (primary N) is 1. The van der Waals surface area contributed by atoms with Gasteiger partial charge in [0.1, 0.15) is 18.1 Å². The van der Waals surface area contributed by atoms with Crippen LogP contribution in [-0.4, -0.2) is 92.8 Å². The molecule has 12 nitrogen and oxygen atoms in total. The van der Waals surface area contributed by atoms with Crippen LogP contribution in [0.2, 0.25) is 0 Å². The van der Waals surface area contributed by atoms with Crippen LogP contribution in [0.15, 0.2) is 0 Å². The van der Waals surface area contributed by atoms with Crippen molar-refractivity contribution < 1.29 is 44.3 Å². The van der Waals surface area contributed by atoms with Gasteiger partial charge in [0, 0.05) is 25.8 Å². The minimum Gasteiger partial charge on any atom is -0.481 e. The Balaban J connectivity index is 2.85. The first-order valence-corrected chi connectivity index (χ1v) is 23.8. The Bertz CT molecular complexity index is 1080. The first-order chi connectivity index (χ1) is 28.0. The first-order valence-electron chi connectivity index (χ1n) is 23.8. The van der Waals surface area contributed by atoms with Gasteiger partial charge in [-0.3, -0.25) is 24.9 Å². The molecule has 1 aliphatic rings. The summed E-state index contributed by atoms with van der Waals surface area (Å²) in [7, 11) is 0. The van der Waals surface area contributed by atoms with Crippen LogP contribution >= 0.6 is 0 Å². The van der Waals surface area contributed by atoms with Crippen LogP contribution in [0.1, 0.15) is 219 Å². The van der Waals surface area contributed by atoms with E-state index in [4.69, 9.17) is 15.6 Å². The van der Waals surface area contributed by atoms with E-state index in [0.717, 1.165) is 44.9 Å². The molecule has 2 amide bonds. The zero-order chi connectivity index (χ0) is 42.9. The third-order valence-corrected chi connectivity index (χ3v) is 11.8. The molecule has 0 radical (unpaired) electrons. The van der Waals surface area contributed by atoms with Gasteiger partial charge in [0.25, 0.3) is 0 Å². The van der Waals surface area contributed by atoms with E-state index < -0.39 is 55.0 Å². The molecule has 0 unspecified atom stereocenters. The second-order valence-corrected chi connectivity index (χ2v) is 17.0. The maximum atomic E-state index is 14.1. The summed E-state index contributed by atoms with van der Waals surface area (Å²) in [6.45, 7) is 3.47. The van der Waals surface area contributed by atoms with Gasteiger partial charge in [-0.1, -0.05) is 174 Å². The Morgan fingerprint density at radius 2 is 0.983 bits per heavy atom. The molecule has 1 rings (SSSR count). The minimum absolute atomic E-state index is 0.0779. The van der Waals surface area contributed by atoms with Gasteiger partial charge >= 0.3 is 5.97 Å². The predicted molar refractivity (Wildman–Crippen MR) is 231 cm³/mol. The highest BCUT2D eigenvalue weighted by atomic mass is 16.6. The highest BCUT2D eigenvalue weighted by molar-refractivity contribution is 5.89. The summed E-state index contributed by atoms with van der Waals surface area (Å²) in [4.78, 5) is 52.6. The molecular weight excluding hydrogens is 739 g/mol. The van der Waals surface area contributed by atoms with Gasteiger partial charge in [-0.15, -0.1) is 0 Å². The van der Waals surface area contributed by atoms with Crippen LogP contribution in [-0.2, 0) is 23.9 Å². The number of unbranched alkanes of at least 4 members (excludes halogenated alkanes) is 26. The molecule has 0 aromatic heterocycles. The van der Waals surface area contributed by atoms with E-state index in [1.54, 1.807) is 0 Å². The summed E-state index contributed by atoms with van der Waals surface area (Å²) >= 11 is 0.